The molecule has 10 N–H and O–H groups in total. The number of thioether (sulfide) groups is 1. The fraction of sp³-hybridized carbons (Fsp3) is 0.680. The Morgan fingerprint density at radius 2 is 1.05 bits per heavy atom. The van der Waals surface area contributed by atoms with Gasteiger partial charge >= 0.3 is 29.9 Å². The first-order chi connectivity index (χ1) is 35.6. The van der Waals surface area contributed by atoms with Gasteiger partial charge in [-0.2, -0.15) is 11.8 Å². The maximum absolute atomic E-state index is 13.7. The molecule has 0 spiro atoms. The highest BCUT2D eigenvalue weighted by molar-refractivity contribution is 7.98. The second-order valence-electron chi connectivity index (χ2n) is 19.3. The fourth-order valence-corrected chi connectivity index (χ4v) is 8.37. The van der Waals surface area contributed by atoms with Crippen molar-refractivity contribution >= 4 is 71.1 Å². The van der Waals surface area contributed by atoms with E-state index in [1.165, 1.54) is 23.9 Å². The fourth-order valence-electron chi connectivity index (χ4n) is 7.90. The van der Waals surface area contributed by atoms with Crippen molar-refractivity contribution in [1.29, 1.82) is 0 Å². The molecule has 24 nitrogen and oxygen atoms in total. The molecule has 75 heavy (non-hydrogen) atoms. The van der Waals surface area contributed by atoms with Crippen LogP contribution in [0.25, 0.3) is 0 Å². The summed E-state index contributed by atoms with van der Waals surface area (Å²) in [6, 6.07) is 2.55. The Bertz CT molecular complexity index is 1980. The summed E-state index contributed by atoms with van der Waals surface area (Å²) in [7, 11) is 0. The molecule has 0 saturated carbocycles. The van der Waals surface area contributed by atoms with Crippen molar-refractivity contribution in [1.82, 2.24) is 51.5 Å². The number of amides is 6. The van der Waals surface area contributed by atoms with E-state index in [0.29, 0.717) is 37.1 Å². The number of carboxylic acid groups (broad SMARTS) is 4. The maximum Gasteiger partial charge on any atom is 0.326 e. The predicted molar refractivity (Wildman–Crippen MR) is 281 cm³/mol. The van der Waals surface area contributed by atoms with Gasteiger partial charge < -0.3 is 52.3 Å². The van der Waals surface area contributed by atoms with Crippen LogP contribution in [0, 0.1) is 11.8 Å². The van der Waals surface area contributed by atoms with Gasteiger partial charge in [-0.3, -0.25) is 58.0 Å². The molecular weight excluding hydrogens is 997 g/mol. The summed E-state index contributed by atoms with van der Waals surface area (Å²) in [5.41, 5.74) is 0.867. The number of carbonyl (C=O) groups is 10. The molecule has 3 atom stereocenters. The van der Waals surface area contributed by atoms with Crippen LogP contribution in [0.1, 0.15) is 95.0 Å². The Labute approximate surface area is 444 Å². The van der Waals surface area contributed by atoms with Gasteiger partial charge in [0.25, 0.3) is 5.91 Å². The summed E-state index contributed by atoms with van der Waals surface area (Å²) in [6.45, 7) is 9.02. The number of unbranched alkanes of at least 4 members (excludes halogenated alkanes) is 3. The topological polar surface area (TPSA) is 337 Å². The van der Waals surface area contributed by atoms with Crippen molar-refractivity contribution in [2.75, 3.05) is 104 Å². The highest BCUT2D eigenvalue weighted by atomic mass is 32.2. The molecule has 0 unspecified atom stereocenters. The van der Waals surface area contributed by atoms with E-state index >= 15 is 0 Å². The second-order valence-corrected chi connectivity index (χ2v) is 20.3. The summed E-state index contributed by atoms with van der Waals surface area (Å²) in [6.07, 6.45) is 5.79. The number of Topliss-reactive ketones (excluding diaryl/α,β-unsaturated/α-hetero) is 1. The monoisotopic (exact) mass is 1080 g/mol. The summed E-state index contributed by atoms with van der Waals surface area (Å²) >= 11 is 1.45. The van der Waals surface area contributed by atoms with E-state index < -0.39 is 65.6 Å². The van der Waals surface area contributed by atoms with Crippen molar-refractivity contribution in [3.05, 3.63) is 35.4 Å². The molecule has 0 aromatic heterocycles. The third-order valence-electron chi connectivity index (χ3n) is 12.4. The number of aliphatic carboxylic acids is 4. The van der Waals surface area contributed by atoms with Gasteiger partial charge in [0.05, 0.1) is 26.2 Å². The van der Waals surface area contributed by atoms with Gasteiger partial charge in [0.1, 0.15) is 23.9 Å². The number of hydrogen-bond acceptors (Lipinski definition) is 15. The molecule has 1 fully saturated rings. The zero-order chi connectivity index (χ0) is 55.9. The zero-order valence-electron chi connectivity index (χ0n) is 44.2. The number of rotatable bonds is 33. The number of ketones is 1. The van der Waals surface area contributed by atoms with Gasteiger partial charge in [-0.15, -0.1) is 0 Å². The Morgan fingerprint density at radius 3 is 1.51 bits per heavy atom. The molecule has 1 aromatic rings. The number of nitrogens with zero attached hydrogens (tertiary/aromatic N) is 4. The second kappa shape index (κ2) is 36.2. The molecule has 25 heteroatoms. The molecule has 1 aromatic carbocycles. The maximum atomic E-state index is 13.7. The third kappa shape index (κ3) is 28.6. The average molecular weight is 1080 g/mol. The lowest BCUT2D eigenvalue weighted by Crippen LogP contribution is -2.57. The van der Waals surface area contributed by atoms with Gasteiger partial charge in [0.2, 0.25) is 17.7 Å². The number of carboxylic acids is 4. The van der Waals surface area contributed by atoms with Gasteiger partial charge in [0, 0.05) is 89.9 Å². The number of hydrogen-bond donors (Lipinski definition) is 10. The number of urea groups is 1. The predicted octanol–water partition coefficient (Wildman–Crippen LogP) is 0.595. The van der Waals surface area contributed by atoms with E-state index in [0.717, 1.165) is 19.3 Å². The first-order valence-corrected chi connectivity index (χ1v) is 27.1. The third-order valence-corrected chi connectivity index (χ3v) is 13.1. The standard InChI is InChI=1S/C50H82N10O14S/c1-34(2)40(61)12-7-6-9-18-51-50(74)52-19-10-8-11-39(49(72)73)55-48(71)45(35(3)4)56-47(70)38(17-28-75-5)54-46(69)37-15-13-36(14-16-37)29-53-41(62)30-57-20-22-58(31-42(63)64)24-26-60(33-44(67)68)27-25-59(23-21-57)32-43(65)66/h13-16,34-35,38-39,45H,6-12,17-33H2,1-5H3,(H,53,62)(H,54,69)(H,55,71)(H,56,70)(H,63,64)(H,65,66)(H,67,68)(H,72,73)(H2,51,52,74)/t38-,39-,45-/m0/s1. The van der Waals surface area contributed by atoms with E-state index in [9.17, 15) is 68.4 Å². The van der Waals surface area contributed by atoms with E-state index in [2.05, 4.69) is 31.9 Å². The molecule has 1 heterocycles. The zero-order valence-corrected chi connectivity index (χ0v) is 45.1. The number of benzene rings is 1. The van der Waals surface area contributed by atoms with Crippen molar-refractivity contribution in [3.63, 3.8) is 0 Å². The highest BCUT2D eigenvalue weighted by Gasteiger charge is 2.32. The molecule has 422 valence electrons. The quantitative estimate of drug-likeness (QED) is 0.0431. The Morgan fingerprint density at radius 1 is 0.560 bits per heavy atom. The van der Waals surface area contributed by atoms with E-state index in [-0.39, 0.29) is 134 Å². The highest BCUT2D eigenvalue weighted by Crippen LogP contribution is 2.12. The lowest BCUT2D eigenvalue weighted by atomic mass is 10.0. The minimum absolute atomic E-state index is 0.0144. The van der Waals surface area contributed by atoms with E-state index in [1.54, 1.807) is 45.6 Å². The first-order valence-electron chi connectivity index (χ1n) is 25.7. The van der Waals surface area contributed by atoms with Crippen LogP contribution in [0.5, 0.6) is 0 Å². The van der Waals surface area contributed by atoms with Gasteiger partial charge in [-0.25, -0.2) is 9.59 Å². The average Bonchev–Trinajstić information content (AvgIpc) is 3.34. The SMILES string of the molecule is CSCC[C@H](NC(=O)c1ccc(CNC(=O)CN2CCN(CC(=O)O)CCN(CC(=O)O)CCN(CC(=O)O)CC2)cc1)C(=O)N[C@H](C(=O)N[C@@H](CCCCNC(=O)NCCCCCC(=O)C(C)C)C(=O)O)C(C)C. The normalized spacial score (nSPS) is 15.6. The van der Waals surface area contributed by atoms with Gasteiger partial charge in [0.15, 0.2) is 0 Å². The number of carbonyl (C=O) groups excluding carboxylic acids is 6. The van der Waals surface area contributed by atoms with Crippen molar-refractivity contribution in [2.45, 2.75) is 104 Å². The van der Waals surface area contributed by atoms with Crippen molar-refractivity contribution < 1.29 is 68.4 Å². The molecule has 1 aliphatic rings. The summed E-state index contributed by atoms with van der Waals surface area (Å²) in [5.74, 6) is -6.44. The van der Waals surface area contributed by atoms with Crippen LogP contribution in [0.15, 0.2) is 24.3 Å². The van der Waals surface area contributed by atoms with Crippen LogP contribution in [0.3, 0.4) is 0 Å². The van der Waals surface area contributed by atoms with Crippen molar-refractivity contribution in [3.8, 4) is 0 Å². The van der Waals surface area contributed by atoms with Crippen LogP contribution >= 0.6 is 11.8 Å². The van der Waals surface area contributed by atoms with Crippen LogP contribution in [-0.2, 0) is 44.9 Å². The Balaban J connectivity index is 1.97. The smallest absolute Gasteiger partial charge is 0.326 e. The van der Waals surface area contributed by atoms with Crippen LogP contribution in [0.4, 0.5) is 4.79 Å². The van der Waals surface area contributed by atoms with E-state index in [1.807, 2.05) is 20.1 Å². The molecule has 0 bridgehead atoms. The lowest BCUT2D eigenvalue weighted by molar-refractivity contribution is -0.143. The first kappa shape index (κ1) is 65.2. The summed E-state index contributed by atoms with van der Waals surface area (Å²) in [4.78, 5) is 132. The molecule has 6 amide bonds. The van der Waals surface area contributed by atoms with Crippen molar-refractivity contribution in [2.24, 2.45) is 11.8 Å². The molecule has 2 rings (SSSR count). The molecule has 1 aliphatic heterocycles. The van der Waals surface area contributed by atoms with E-state index in [4.69, 9.17) is 0 Å². The van der Waals surface area contributed by atoms with Gasteiger partial charge in [-0.05, 0) is 74.1 Å². The lowest BCUT2D eigenvalue weighted by Gasteiger charge is -2.32. The Hall–Kier alpha value is -5.89. The van der Waals surface area contributed by atoms with Gasteiger partial charge in [-0.1, -0.05) is 46.2 Å². The molecular formula is C50H82N10O14S. The van der Waals surface area contributed by atoms with Crippen LogP contribution in [0.2, 0.25) is 0 Å². The minimum Gasteiger partial charge on any atom is -0.480 e. The summed E-state index contributed by atoms with van der Waals surface area (Å²) < 4.78 is 0. The molecule has 1 saturated heterocycles. The minimum atomic E-state index is -1.26. The largest absolute Gasteiger partial charge is 0.480 e. The Kier molecular flexibility index (Phi) is 31.4. The number of nitrogens with one attached hydrogen (secondary N) is 6. The van der Waals surface area contributed by atoms with Crippen LogP contribution in [-0.4, -0.2) is 221 Å². The molecule has 0 radical (unpaired) electrons. The van der Waals surface area contributed by atoms with Crippen LogP contribution < -0.4 is 31.9 Å². The molecule has 0 aliphatic carbocycles. The summed E-state index contributed by atoms with van der Waals surface area (Å²) in [5, 5.41) is 54.7.